The molecule has 11 heavy (non-hydrogen) atoms. The molecule has 0 spiro atoms. The minimum absolute atomic E-state index is 0.0156. The highest BCUT2D eigenvalue weighted by Crippen LogP contribution is 2.09. The van der Waals surface area contributed by atoms with Crippen molar-refractivity contribution >= 4 is 23.2 Å². The Labute approximate surface area is 70.0 Å². The highest BCUT2D eigenvalue weighted by Gasteiger charge is 2.08. The normalized spacial score (nSPS) is 9.64. The van der Waals surface area contributed by atoms with Crippen molar-refractivity contribution in [3.8, 4) is 0 Å². The van der Waals surface area contributed by atoms with Crippen LogP contribution in [0.5, 0.6) is 0 Å². The van der Waals surface area contributed by atoms with Crippen LogP contribution in [0.4, 0.5) is 5.69 Å². The van der Waals surface area contributed by atoms with Gasteiger partial charge in [0.05, 0.1) is 5.69 Å². The third kappa shape index (κ3) is 1.74. The Morgan fingerprint density at radius 3 is 3.00 bits per heavy atom. The van der Waals surface area contributed by atoms with E-state index in [0.717, 1.165) is 5.69 Å². The molecule has 1 rings (SSSR count). The molecule has 0 atom stereocenters. The van der Waals surface area contributed by atoms with E-state index in [0.29, 0.717) is 0 Å². The van der Waals surface area contributed by atoms with Crippen LogP contribution in [0, 0.1) is 0 Å². The predicted molar refractivity (Wildman–Crippen MR) is 44.9 cm³/mol. The first kappa shape index (κ1) is 8.14. The summed E-state index contributed by atoms with van der Waals surface area (Å²) in [6.07, 6.45) is 3.50. The van der Waals surface area contributed by atoms with E-state index in [-0.39, 0.29) is 11.8 Å². The van der Waals surface area contributed by atoms with Gasteiger partial charge in [0.25, 0.3) is 0 Å². The monoisotopic (exact) mass is 172 g/mol. The second-order valence-corrected chi connectivity index (χ2v) is 2.42. The molecule has 1 N–H and O–H groups in total. The van der Waals surface area contributed by atoms with Crippen LogP contribution < -0.4 is 4.90 Å². The van der Waals surface area contributed by atoms with E-state index in [2.05, 4.69) is 4.98 Å². The maximum atomic E-state index is 11.0. The zero-order valence-electron chi connectivity index (χ0n) is 6.17. The van der Waals surface area contributed by atoms with Crippen molar-refractivity contribution in [2.75, 3.05) is 17.8 Å². The Morgan fingerprint density at radius 1 is 1.82 bits per heavy atom. The maximum Gasteiger partial charge on any atom is 0.241 e. The number of nitrogens with one attached hydrogen (secondary N) is 1. The molecule has 0 saturated carbocycles. The van der Waals surface area contributed by atoms with Crippen molar-refractivity contribution in [2.45, 2.75) is 0 Å². The zero-order chi connectivity index (χ0) is 8.27. The van der Waals surface area contributed by atoms with Crippen molar-refractivity contribution in [2.24, 2.45) is 0 Å². The number of anilines is 1. The number of hydrogen-bond acceptors (Lipinski definition) is 1. The van der Waals surface area contributed by atoms with E-state index in [1.54, 1.807) is 19.4 Å². The highest BCUT2D eigenvalue weighted by molar-refractivity contribution is 6.29. The number of alkyl halides is 1. The molecule has 1 aromatic heterocycles. The first-order valence-corrected chi connectivity index (χ1v) is 3.74. The summed E-state index contributed by atoms with van der Waals surface area (Å²) >= 11 is 5.36. The van der Waals surface area contributed by atoms with Gasteiger partial charge in [0, 0.05) is 19.4 Å². The molecule has 3 nitrogen and oxygen atoms in total. The summed E-state index contributed by atoms with van der Waals surface area (Å²) < 4.78 is 0. The Bertz CT molecular complexity index is 233. The summed E-state index contributed by atoms with van der Waals surface area (Å²) in [6.45, 7) is 0. The molecule has 0 radical (unpaired) electrons. The van der Waals surface area contributed by atoms with E-state index < -0.39 is 0 Å². The molecule has 1 aromatic rings. The van der Waals surface area contributed by atoms with Gasteiger partial charge in [-0.15, -0.1) is 11.6 Å². The van der Waals surface area contributed by atoms with Crippen molar-refractivity contribution < 1.29 is 4.79 Å². The number of H-pyrrole nitrogens is 1. The van der Waals surface area contributed by atoms with Crippen molar-refractivity contribution in [3.05, 3.63) is 18.5 Å². The van der Waals surface area contributed by atoms with Gasteiger partial charge in [-0.25, -0.2) is 0 Å². The van der Waals surface area contributed by atoms with Gasteiger partial charge in [0.1, 0.15) is 5.88 Å². The summed E-state index contributed by atoms with van der Waals surface area (Å²) in [5.41, 5.74) is 0.829. The minimum atomic E-state index is -0.105. The van der Waals surface area contributed by atoms with Gasteiger partial charge in [-0.1, -0.05) is 0 Å². The number of amides is 1. The predicted octanol–water partition coefficient (Wildman–Crippen LogP) is 1.22. The Hall–Kier alpha value is -0.960. The quantitative estimate of drug-likeness (QED) is 0.669. The molecule has 0 aliphatic heterocycles. The number of halogens is 1. The maximum absolute atomic E-state index is 11.0. The third-order valence-corrected chi connectivity index (χ3v) is 1.69. The minimum Gasteiger partial charge on any atom is -0.366 e. The highest BCUT2D eigenvalue weighted by atomic mass is 35.5. The van der Waals surface area contributed by atoms with Crippen molar-refractivity contribution in [1.82, 2.24) is 4.98 Å². The van der Waals surface area contributed by atoms with E-state index in [9.17, 15) is 4.79 Å². The lowest BCUT2D eigenvalue weighted by Crippen LogP contribution is -2.26. The number of carbonyl (C=O) groups is 1. The van der Waals surface area contributed by atoms with Crippen LogP contribution in [0.15, 0.2) is 18.5 Å². The van der Waals surface area contributed by atoms with Gasteiger partial charge >= 0.3 is 0 Å². The number of aromatic amines is 1. The van der Waals surface area contributed by atoms with Crippen LogP contribution in [0.2, 0.25) is 0 Å². The SMILES string of the molecule is CN(C(=O)CCl)c1cc[nH]c1. The standard InChI is InChI=1S/C7H9ClN2O/c1-10(7(11)4-8)6-2-3-9-5-6/h2-3,5,9H,4H2,1H3. The number of nitrogens with zero attached hydrogens (tertiary/aromatic N) is 1. The molecule has 4 heteroatoms. The van der Waals surface area contributed by atoms with Crippen LogP contribution in [-0.2, 0) is 4.79 Å². The molecule has 0 aliphatic rings. The lowest BCUT2D eigenvalue weighted by Gasteiger charge is -2.12. The van der Waals surface area contributed by atoms with Crippen LogP contribution in [0.1, 0.15) is 0 Å². The molecule has 0 unspecified atom stereocenters. The Morgan fingerprint density at radius 2 is 2.55 bits per heavy atom. The lowest BCUT2D eigenvalue weighted by atomic mass is 10.4. The molecular weight excluding hydrogens is 164 g/mol. The average Bonchev–Trinajstić information content (AvgIpc) is 2.53. The molecule has 0 bridgehead atoms. The fraction of sp³-hybridized carbons (Fsp3) is 0.286. The van der Waals surface area contributed by atoms with Gasteiger partial charge in [-0.05, 0) is 6.07 Å². The summed E-state index contributed by atoms with van der Waals surface area (Å²) in [5, 5.41) is 0. The third-order valence-electron chi connectivity index (χ3n) is 1.46. The number of rotatable bonds is 2. The van der Waals surface area contributed by atoms with E-state index in [4.69, 9.17) is 11.6 Å². The van der Waals surface area contributed by atoms with Crippen LogP contribution in [0.25, 0.3) is 0 Å². The smallest absolute Gasteiger partial charge is 0.241 e. The Kier molecular flexibility index (Phi) is 2.54. The Balaban J connectivity index is 2.70. The van der Waals surface area contributed by atoms with E-state index >= 15 is 0 Å². The fourth-order valence-corrected chi connectivity index (χ4v) is 0.937. The zero-order valence-corrected chi connectivity index (χ0v) is 6.93. The molecule has 0 aromatic carbocycles. The molecule has 0 fully saturated rings. The van der Waals surface area contributed by atoms with E-state index in [1.807, 2.05) is 6.07 Å². The first-order chi connectivity index (χ1) is 5.25. The molecule has 60 valence electrons. The first-order valence-electron chi connectivity index (χ1n) is 3.21. The molecule has 1 heterocycles. The van der Waals surface area contributed by atoms with Crippen LogP contribution >= 0.6 is 11.6 Å². The van der Waals surface area contributed by atoms with Crippen LogP contribution in [0.3, 0.4) is 0 Å². The second kappa shape index (κ2) is 3.44. The van der Waals surface area contributed by atoms with Gasteiger partial charge in [-0.2, -0.15) is 0 Å². The van der Waals surface area contributed by atoms with Gasteiger partial charge in [0.15, 0.2) is 0 Å². The largest absolute Gasteiger partial charge is 0.366 e. The lowest BCUT2D eigenvalue weighted by molar-refractivity contribution is -0.116. The number of aromatic nitrogens is 1. The fourth-order valence-electron chi connectivity index (χ4n) is 0.757. The van der Waals surface area contributed by atoms with Crippen molar-refractivity contribution in [3.63, 3.8) is 0 Å². The second-order valence-electron chi connectivity index (χ2n) is 2.16. The number of carbonyl (C=O) groups excluding carboxylic acids is 1. The van der Waals surface area contributed by atoms with Gasteiger partial charge < -0.3 is 9.88 Å². The topological polar surface area (TPSA) is 36.1 Å². The summed E-state index contributed by atoms with van der Waals surface area (Å²) in [6, 6.07) is 1.81. The van der Waals surface area contributed by atoms with Crippen molar-refractivity contribution in [1.29, 1.82) is 0 Å². The molecule has 1 amide bonds. The molecule has 0 saturated heterocycles. The summed E-state index contributed by atoms with van der Waals surface area (Å²) in [5.74, 6) is -0.0898. The van der Waals surface area contributed by atoms with Gasteiger partial charge in [-0.3, -0.25) is 4.79 Å². The average molecular weight is 173 g/mol. The van der Waals surface area contributed by atoms with Gasteiger partial charge in [0.2, 0.25) is 5.91 Å². The number of hydrogen-bond donors (Lipinski definition) is 1. The summed E-state index contributed by atoms with van der Waals surface area (Å²) in [4.78, 5) is 15.3. The molecule has 0 aliphatic carbocycles. The van der Waals surface area contributed by atoms with Crippen LogP contribution in [-0.4, -0.2) is 23.8 Å². The summed E-state index contributed by atoms with van der Waals surface area (Å²) in [7, 11) is 1.69. The van der Waals surface area contributed by atoms with E-state index in [1.165, 1.54) is 4.90 Å². The molecular formula is C7H9ClN2O.